The van der Waals surface area contributed by atoms with Crippen LogP contribution in [0.15, 0.2) is 24.3 Å². The van der Waals surface area contributed by atoms with E-state index < -0.39 is 11.6 Å². The Bertz CT molecular complexity index is 412. The Hall–Kier alpha value is -1.55. The van der Waals surface area contributed by atoms with Crippen molar-refractivity contribution in [3.8, 4) is 5.75 Å². The lowest BCUT2D eigenvalue weighted by atomic mass is 10.1. The van der Waals surface area contributed by atoms with Crippen molar-refractivity contribution in [2.24, 2.45) is 0 Å². The first kappa shape index (κ1) is 16.5. The summed E-state index contributed by atoms with van der Waals surface area (Å²) < 4.78 is 5.46. The van der Waals surface area contributed by atoms with Gasteiger partial charge in [-0.25, -0.2) is 4.79 Å². The Labute approximate surface area is 121 Å². The minimum absolute atomic E-state index is 0.576. The van der Waals surface area contributed by atoms with Crippen LogP contribution >= 0.6 is 0 Å². The predicted octanol–water partition coefficient (Wildman–Crippen LogP) is 3.21. The van der Waals surface area contributed by atoms with E-state index in [4.69, 9.17) is 9.84 Å². The van der Waals surface area contributed by atoms with Crippen LogP contribution in [0.5, 0.6) is 5.75 Å². The summed E-state index contributed by atoms with van der Waals surface area (Å²) >= 11 is 0. The van der Waals surface area contributed by atoms with Crippen LogP contribution in [0, 0.1) is 0 Å². The number of ether oxygens (including phenoxy) is 1. The molecule has 1 rings (SSSR count). The van der Waals surface area contributed by atoms with E-state index >= 15 is 0 Å². The van der Waals surface area contributed by atoms with Crippen LogP contribution in [0.4, 0.5) is 0 Å². The van der Waals surface area contributed by atoms with Crippen molar-refractivity contribution < 1.29 is 14.6 Å². The predicted molar refractivity (Wildman–Crippen MR) is 80.0 cm³/mol. The molecule has 0 bridgehead atoms. The number of rotatable bonds is 9. The number of hydrogen-bond acceptors (Lipinski definition) is 3. The third-order valence-electron chi connectivity index (χ3n) is 3.10. The Morgan fingerprint density at radius 3 is 2.45 bits per heavy atom. The van der Waals surface area contributed by atoms with Crippen molar-refractivity contribution in [2.75, 3.05) is 6.54 Å². The van der Waals surface area contributed by atoms with E-state index in [1.807, 2.05) is 24.3 Å². The molecule has 0 aromatic heterocycles. The Morgan fingerprint density at radius 1 is 1.25 bits per heavy atom. The average molecular weight is 279 g/mol. The molecule has 0 unspecified atom stereocenters. The molecule has 0 aliphatic rings. The molecular weight excluding hydrogens is 254 g/mol. The summed E-state index contributed by atoms with van der Waals surface area (Å²) in [5.74, 6) is -0.397. The van der Waals surface area contributed by atoms with E-state index in [1.165, 1.54) is 24.8 Å². The second kappa shape index (κ2) is 7.90. The molecule has 20 heavy (non-hydrogen) atoms. The summed E-state index contributed by atoms with van der Waals surface area (Å²) in [6.45, 7) is 7.12. The molecule has 0 spiro atoms. The van der Waals surface area contributed by atoms with Gasteiger partial charge in [-0.2, -0.15) is 0 Å². The molecule has 1 aromatic carbocycles. The molecule has 0 atom stereocenters. The molecule has 4 heteroatoms. The van der Waals surface area contributed by atoms with Crippen molar-refractivity contribution in [3.05, 3.63) is 29.8 Å². The van der Waals surface area contributed by atoms with Crippen LogP contribution < -0.4 is 10.1 Å². The Morgan fingerprint density at radius 2 is 1.90 bits per heavy atom. The number of nitrogens with one attached hydrogen (secondary N) is 1. The number of benzene rings is 1. The van der Waals surface area contributed by atoms with Gasteiger partial charge in [0.1, 0.15) is 5.75 Å². The molecule has 0 heterocycles. The summed E-state index contributed by atoms with van der Waals surface area (Å²) in [5.41, 5.74) is -0.0399. The highest BCUT2D eigenvalue weighted by Crippen LogP contribution is 2.19. The molecule has 4 nitrogen and oxygen atoms in total. The largest absolute Gasteiger partial charge is 0.478 e. The normalized spacial score (nSPS) is 11.3. The molecule has 1 aromatic rings. The van der Waals surface area contributed by atoms with Gasteiger partial charge in [-0.05, 0) is 44.5 Å². The lowest BCUT2D eigenvalue weighted by molar-refractivity contribution is -0.152. The quantitative estimate of drug-likeness (QED) is 0.681. The first-order valence-electron chi connectivity index (χ1n) is 7.18. The third-order valence-corrected chi connectivity index (χ3v) is 3.10. The molecule has 2 N–H and O–H groups in total. The molecular formula is C16H25NO3. The van der Waals surface area contributed by atoms with Gasteiger partial charge in [-0.1, -0.05) is 31.9 Å². The van der Waals surface area contributed by atoms with E-state index in [0.29, 0.717) is 5.75 Å². The maximum absolute atomic E-state index is 11.0. The Balaban J connectivity index is 2.42. The van der Waals surface area contributed by atoms with E-state index in [2.05, 4.69) is 12.2 Å². The van der Waals surface area contributed by atoms with Crippen LogP contribution in [0.3, 0.4) is 0 Å². The van der Waals surface area contributed by atoms with Gasteiger partial charge in [0, 0.05) is 6.54 Å². The fraction of sp³-hybridized carbons (Fsp3) is 0.562. The van der Waals surface area contributed by atoms with Crippen LogP contribution in [0.1, 0.15) is 45.6 Å². The minimum atomic E-state index is -1.21. The highest BCUT2D eigenvalue weighted by atomic mass is 16.5. The number of carboxylic acids is 1. The van der Waals surface area contributed by atoms with Gasteiger partial charge < -0.3 is 15.2 Å². The van der Waals surface area contributed by atoms with Gasteiger partial charge in [-0.15, -0.1) is 0 Å². The lowest BCUT2D eigenvalue weighted by Gasteiger charge is -2.21. The molecule has 112 valence electrons. The second-order valence-electron chi connectivity index (χ2n) is 5.45. The third kappa shape index (κ3) is 5.61. The van der Waals surface area contributed by atoms with Crippen molar-refractivity contribution in [3.63, 3.8) is 0 Å². The second-order valence-corrected chi connectivity index (χ2v) is 5.45. The number of aliphatic carboxylic acids is 1. The zero-order chi connectivity index (χ0) is 15.0. The monoisotopic (exact) mass is 279 g/mol. The standard InChI is InChI=1S/C16H25NO3/c1-4-5-6-11-17-12-13-7-9-14(10-8-13)20-16(2,3)15(18)19/h7-10,17H,4-6,11-12H2,1-3H3,(H,18,19). The lowest BCUT2D eigenvalue weighted by Crippen LogP contribution is -2.37. The fourth-order valence-electron chi connectivity index (χ4n) is 1.75. The van der Waals surface area contributed by atoms with Crippen molar-refractivity contribution in [1.29, 1.82) is 0 Å². The van der Waals surface area contributed by atoms with Crippen molar-refractivity contribution in [2.45, 2.75) is 52.2 Å². The fourth-order valence-corrected chi connectivity index (χ4v) is 1.75. The van der Waals surface area contributed by atoms with E-state index in [-0.39, 0.29) is 0 Å². The van der Waals surface area contributed by atoms with Crippen LogP contribution in [0.2, 0.25) is 0 Å². The van der Waals surface area contributed by atoms with Gasteiger partial charge >= 0.3 is 5.97 Å². The smallest absolute Gasteiger partial charge is 0.347 e. The molecule has 0 aliphatic carbocycles. The first-order valence-corrected chi connectivity index (χ1v) is 7.18. The zero-order valence-electron chi connectivity index (χ0n) is 12.6. The molecule has 0 aliphatic heterocycles. The summed E-state index contributed by atoms with van der Waals surface area (Å²) in [5, 5.41) is 12.4. The summed E-state index contributed by atoms with van der Waals surface area (Å²) in [6, 6.07) is 7.54. The van der Waals surface area contributed by atoms with E-state index in [1.54, 1.807) is 13.8 Å². The highest BCUT2D eigenvalue weighted by molar-refractivity contribution is 5.76. The SMILES string of the molecule is CCCCCNCc1ccc(OC(C)(C)C(=O)O)cc1. The van der Waals surface area contributed by atoms with Crippen LogP contribution in [0.25, 0.3) is 0 Å². The van der Waals surface area contributed by atoms with E-state index in [9.17, 15) is 4.79 Å². The summed E-state index contributed by atoms with van der Waals surface area (Å²) in [4.78, 5) is 11.0. The maximum Gasteiger partial charge on any atom is 0.347 e. The molecule has 0 saturated carbocycles. The molecule has 0 amide bonds. The zero-order valence-corrected chi connectivity index (χ0v) is 12.6. The minimum Gasteiger partial charge on any atom is -0.478 e. The van der Waals surface area contributed by atoms with Crippen LogP contribution in [-0.4, -0.2) is 23.2 Å². The number of carbonyl (C=O) groups is 1. The Kier molecular flexibility index (Phi) is 6.52. The van der Waals surface area contributed by atoms with Crippen LogP contribution in [-0.2, 0) is 11.3 Å². The maximum atomic E-state index is 11.0. The molecule has 0 saturated heterocycles. The first-order chi connectivity index (χ1) is 9.45. The average Bonchev–Trinajstić information content (AvgIpc) is 2.40. The van der Waals surface area contributed by atoms with Gasteiger partial charge in [0.15, 0.2) is 5.60 Å². The number of unbranched alkanes of at least 4 members (excludes halogenated alkanes) is 2. The number of hydrogen-bond donors (Lipinski definition) is 2. The number of carboxylic acid groups (broad SMARTS) is 1. The van der Waals surface area contributed by atoms with E-state index in [0.717, 1.165) is 13.1 Å². The van der Waals surface area contributed by atoms with Crippen molar-refractivity contribution in [1.82, 2.24) is 5.32 Å². The molecule has 0 fully saturated rings. The highest BCUT2D eigenvalue weighted by Gasteiger charge is 2.29. The van der Waals surface area contributed by atoms with Crippen molar-refractivity contribution >= 4 is 5.97 Å². The van der Waals surface area contributed by atoms with Gasteiger partial charge in [0.2, 0.25) is 0 Å². The summed E-state index contributed by atoms with van der Waals surface area (Å²) in [7, 11) is 0. The van der Waals surface area contributed by atoms with Gasteiger partial charge in [0.05, 0.1) is 0 Å². The van der Waals surface area contributed by atoms with Gasteiger partial charge in [0.25, 0.3) is 0 Å². The topological polar surface area (TPSA) is 58.6 Å². The van der Waals surface area contributed by atoms with Gasteiger partial charge in [-0.3, -0.25) is 0 Å². The molecule has 0 radical (unpaired) electrons. The summed E-state index contributed by atoms with van der Waals surface area (Å²) in [6.07, 6.45) is 3.68.